The largest absolute Gasteiger partial charge is 0.466 e. The molecule has 0 atom stereocenters. The zero-order chi connectivity index (χ0) is 11.3. The van der Waals surface area contributed by atoms with Gasteiger partial charge in [0, 0.05) is 11.8 Å². The number of hydrogen-bond acceptors (Lipinski definition) is 4. The van der Waals surface area contributed by atoms with Crippen LogP contribution in [0.5, 0.6) is 0 Å². The smallest absolute Gasteiger partial charge is 0.311 e. The molecule has 15 heavy (non-hydrogen) atoms. The molecule has 0 saturated carbocycles. The van der Waals surface area contributed by atoms with Gasteiger partial charge in [-0.15, -0.1) is 0 Å². The van der Waals surface area contributed by atoms with Crippen LogP contribution < -0.4 is 5.56 Å². The summed E-state index contributed by atoms with van der Waals surface area (Å²) in [6.45, 7) is 1.99. The van der Waals surface area contributed by atoms with Gasteiger partial charge in [0.05, 0.1) is 24.7 Å². The number of nitrogens with one attached hydrogen (secondary N) is 1. The molecule has 1 aromatic rings. The number of carbonyl (C=O) groups excluding carboxylic acids is 1. The Balaban J connectivity index is 2.87. The summed E-state index contributed by atoms with van der Waals surface area (Å²) >= 11 is 0. The van der Waals surface area contributed by atoms with Crippen LogP contribution in [0.15, 0.2) is 16.9 Å². The molecule has 1 rings (SSSR count). The molecule has 0 bridgehead atoms. The number of carbonyl (C=O) groups is 1. The standard InChI is InChI=1S/C10H10N2O3/c1-2-15-10(14)5-8-3-7(6-11)4-9(13)12-8/h3-4H,2,5H2,1H3,(H,12,13). The van der Waals surface area contributed by atoms with Crippen molar-refractivity contribution >= 4 is 5.97 Å². The number of nitrogens with zero attached hydrogens (tertiary/aromatic N) is 1. The van der Waals surface area contributed by atoms with Crippen molar-refractivity contribution in [2.45, 2.75) is 13.3 Å². The molecule has 5 nitrogen and oxygen atoms in total. The quantitative estimate of drug-likeness (QED) is 0.723. The molecule has 0 aromatic carbocycles. The SMILES string of the molecule is CCOC(=O)Cc1cc(C#N)cc(=O)[nH]1. The molecule has 0 fully saturated rings. The summed E-state index contributed by atoms with van der Waals surface area (Å²) in [7, 11) is 0. The number of hydrogen-bond donors (Lipinski definition) is 1. The highest BCUT2D eigenvalue weighted by atomic mass is 16.5. The fourth-order valence-corrected chi connectivity index (χ4v) is 1.13. The molecule has 0 unspecified atom stereocenters. The second-order valence-electron chi connectivity index (χ2n) is 2.85. The fourth-order valence-electron chi connectivity index (χ4n) is 1.13. The highest BCUT2D eigenvalue weighted by Crippen LogP contribution is 1.99. The van der Waals surface area contributed by atoms with Crippen molar-refractivity contribution in [3.8, 4) is 6.07 Å². The zero-order valence-electron chi connectivity index (χ0n) is 8.24. The number of ether oxygens (including phenoxy) is 1. The average Bonchev–Trinajstić information content (AvgIpc) is 2.17. The average molecular weight is 206 g/mol. The predicted octanol–water partition coefficient (Wildman–Crippen LogP) is 0.352. The second-order valence-corrected chi connectivity index (χ2v) is 2.85. The molecule has 0 spiro atoms. The summed E-state index contributed by atoms with van der Waals surface area (Å²) in [5, 5.41) is 8.61. The van der Waals surface area contributed by atoms with Crippen LogP contribution in [-0.4, -0.2) is 17.6 Å². The van der Waals surface area contributed by atoms with Gasteiger partial charge in [0.1, 0.15) is 0 Å². The molecule has 1 heterocycles. The van der Waals surface area contributed by atoms with Crippen LogP contribution in [0.25, 0.3) is 0 Å². The topological polar surface area (TPSA) is 82.9 Å². The summed E-state index contributed by atoms with van der Waals surface area (Å²) in [6, 6.07) is 4.47. The first-order chi connectivity index (χ1) is 7.15. The Morgan fingerprint density at radius 2 is 2.33 bits per heavy atom. The van der Waals surface area contributed by atoms with E-state index in [1.54, 1.807) is 6.92 Å². The van der Waals surface area contributed by atoms with Gasteiger partial charge in [0.15, 0.2) is 0 Å². The number of aromatic amines is 1. The van der Waals surface area contributed by atoms with Crippen LogP contribution in [0.4, 0.5) is 0 Å². The summed E-state index contributed by atoms with van der Waals surface area (Å²) in [5.74, 6) is -0.428. The van der Waals surface area contributed by atoms with E-state index in [1.807, 2.05) is 6.07 Å². The Kier molecular flexibility index (Phi) is 3.63. The molecule has 0 aliphatic heterocycles. The predicted molar refractivity (Wildman–Crippen MR) is 52.1 cm³/mol. The molecule has 0 aliphatic rings. The lowest BCUT2D eigenvalue weighted by Crippen LogP contribution is -2.14. The van der Waals surface area contributed by atoms with E-state index in [0.717, 1.165) is 0 Å². The van der Waals surface area contributed by atoms with E-state index in [1.165, 1.54) is 12.1 Å². The lowest BCUT2D eigenvalue weighted by atomic mass is 10.2. The van der Waals surface area contributed by atoms with Gasteiger partial charge in [-0.25, -0.2) is 0 Å². The first-order valence-corrected chi connectivity index (χ1v) is 4.44. The van der Waals surface area contributed by atoms with Gasteiger partial charge in [-0.1, -0.05) is 0 Å². The van der Waals surface area contributed by atoms with Crippen molar-refractivity contribution in [2.24, 2.45) is 0 Å². The van der Waals surface area contributed by atoms with Gasteiger partial charge < -0.3 is 9.72 Å². The van der Waals surface area contributed by atoms with E-state index in [2.05, 4.69) is 4.98 Å². The van der Waals surface area contributed by atoms with Crippen molar-refractivity contribution in [3.05, 3.63) is 33.7 Å². The number of esters is 1. The number of pyridine rings is 1. The number of aromatic nitrogens is 1. The number of nitriles is 1. The molecule has 1 aromatic heterocycles. The first kappa shape index (κ1) is 11.0. The third-order valence-corrected chi connectivity index (χ3v) is 1.67. The Morgan fingerprint density at radius 3 is 2.93 bits per heavy atom. The molecule has 5 heteroatoms. The summed E-state index contributed by atoms with van der Waals surface area (Å²) in [6.07, 6.45) is -0.0292. The molecule has 0 amide bonds. The highest BCUT2D eigenvalue weighted by Gasteiger charge is 2.05. The van der Waals surface area contributed by atoms with Crippen LogP contribution in [0.2, 0.25) is 0 Å². The lowest BCUT2D eigenvalue weighted by Gasteiger charge is -2.01. The molecule has 0 aliphatic carbocycles. The fraction of sp³-hybridized carbons (Fsp3) is 0.300. The third-order valence-electron chi connectivity index (χ3n) is 1.67. The van der Waals surface area contributed by atoms with E-state index < -0.39 is 11.5 Å². The van der Waals surface area contributed by atoms with Crippen LogP contribution >= 0.6 is 0 Å². The van der Waals surface area contributed by atoms with E-state index in [-0.39, 0.29) is 12.0 Å². The van der Waals surface area contributed by atoms with Crippen molar-refractivity contribution in [1.29, 1.82) is 5.26 Å². The molecule has 0 saturated heterocycles. The monoisotopic (exact) mass is 206 g/mol. The molecular formula is C10H10N2O3. The molecular weight excluding hydrogens is 196 g/mol. The van der Waals surface area contributed by atoms with Gasteiger partial charge >= 0.3 is 5.97 Å². The number of H-pyrrole nitrogens is 1. The zero-order valence-corrected chi connectivity index (χ0v) is 8.24. The lowest BCUT2D eigenvalue weighted by molar-refractivity contribution is -0.142. The summed E-state index contributed by atoms with van der Waals surface area (Å²) in [5.41, 5.74) is 0.226. The van der Waals surface area contributed by atoms with Gasteiger partial charge in [-0.2, -0.15) is 5.26 Å². The van der Waals surface area contributed by atoms with Crippen LogP contribution in [0, 0.1) is 11.3 Å². The van der Waals surface area contributed by atoms with E-state index in [9.17, 15) is 9.59 Å². The Labute approximate surface area is 86.3 Å². The highest BCUT2D eigenvalue weighted by molar-refractivity contribution is 5.72. The van der Waals surface area contributed by atoms with Crippen LogP contribution in [0.3, 0.4) is 0 Å². The maximum atomic E-state index is 11.1. The molecule has 78 valence electrons. The minimum Gasteiger partial charge on any atom is -0.466 e. The van der Waals surface area contributed by atoms with Crippen molar-refractivity contribution < 1.29 is 9.53 Å². The summed E-state index contributed by atoms with van der Waals surface area (Å²) < 4.78 is 4.72. The Bertz CT molecular complexity index is 456. The second kappa shape index (κ2) is 4.96. The van der Waals surface area contributed by atoms with Gasteiger partial charge in [0.25, 0.3) is 0 Å². The summed E-state index contributed by atoms with van der Waals surface area (Å²) in [4.78, 5) is 24.6. The maximum absolute atomic E-state index is 11.1. The Hall–Kier alpha value is -2.09. The van der Waals surface area contributed by atoms with Gasteiger partial charge in [0.2, 0.25) is 5.56 Å². The van der Waals surface area contributed by atoms with E-state index >= 15 is 0 Å². The molecule has 1 N–H and O–H groups in total. The number of rotatable bonds is 3. The van der Waals surface area contributed by atoms with Gasteiger partial charge in [-0.05, 0) is 13.0 Å². The van der Waals surface area contributed by atoms with E-state index in [4.69, 9.17) is 10.00 Å². The van der Waals surface area contributed by atoms with E-state index in [0.29, 0.717) is 12.3 Å². The maximum Gasteiger partial charge on any atom is 0.311 e. The van der Waals surface area contributed by atoms with Crippen LogP contribution in [-0.2, 0) is 16.0 Å². The van der Waals surface area contributed by atoms with Gasteiger partial charge in [-0.3, -0.25) is 9.59 Å². The molecule has 0 radical (unpaired) electrons. The van der Waals surface area contributed by atoms with Crippen molar-refractivity contribution in [3.63, 3.8) is 0 Å². The normalized spacial score (nSPS) is 9.33. The Morgan fingerprint density at radius 1 is 1.60 bits per heavy atom. The van der Waals surface area contributed by atoms with Crippen LogP contribution in [0.1, 0.15) is 18.2 Å². The minimum absolute atomic E-state index is 0.0292. The first-order valence-electron chi connectivity index (χ1n) is 4.44. The third kappa shape index (κ3) is 3.27. The van der Waals surface area contributed by atoms with Crippen molar-refractivity contribution in [2.75, 3.05) is 6.61 Å². The van der Waals surface area contributed by atoms with Crippen molar-refractivity contribution in [1.82, 2.24) is 4.98 Å². The minimum atomic E-state index is -0.428.